The molecule has 0 saturated heterocycles. The van der Waals surface area contributed by atoms with E-state index in [0.717, 1.165) is 11.3 Å². The Labute approximate surface area is 114 Å². The molecule has 1 aromatic rings. The van der Waals surface area contributed by atoms with Gasteiger partial charge in [-0.05, 0) is 26.3 Å². The van der Waals surface area contributed by atoms with Crippen LogP contribution in [-0.4, -0.2) is 31.2 Å². The Morgan fingerprint density at radius 1 is 1.21 bits per heavy atom. The lowest BCUT2D eigenvalue weighted by atomic mass is 10.1. The number of esters is 2. The lowest BCUT2D eigenvalue weighted by molar-refractivity contribution is 0.0527. The van der Waals surface area contributed by atoms with E-state index in [1.807, 2.05) is 0 Å². The number of isocyanates is 1. The van der Waals surface area contributed by atoms with Gasteiger partial charge >= 0.3 is 11.9 Å². The minimum atomic E-state index is -0.624. The fourth-order valence-electron chi connectivity index (χ4n) is 1.45. The van der Waals surface area contributed by atoms with Gasteiger partial charge < -0.3 is 9.47 Å². The Bertz CT molecular complexity index is 543. The van der Waals surface area contributed by atoms with Gasteiger partial charge in [0.15, 0.2) is 0 Å². The fourth-order valence-corrected chi connectivity index (χ4v) is 2.47. The highest BCUT2D eigenvalue weighted by atomic mass is 32.1. The van der Waals surface area contributed by atoms with Crippen molar-refractivity contribution in [2.24, 2.45) is 4.99 Å². The molecule has 6 nitrogen and oxygen atoms in total. The van der Waals surface area contributed by atoms with E-state index < -0.39 is 11.9 Å². The fraction of sp³-hybridized carbons (Fsp3) is 0.417. The quantitative estimate of drug-likeness (QED) is 0.470. The molecule has 0 unspecified atom stereocenters. The number of rotatable bonds is 5. The Balaban J connectivity index is 3.31. The van der Waals surface area contributed by atoms with E-state index in [2.05, 4.69) is 4.99 Å². The van der Waals surface area contributed by atoms with Gasteiger partial charge in [-0.25, -0.2) is 14.4 Å². The van der Waals surface area contributed by atoms with E-state index in [9.17, 15) is 14.4 Å². The van der Waals surface area contributed by atoms with Crippen LogP contribution in [0.25, 0.3) is 0 Å². The summed E-state index contributed by atoms with van der Waals surface area (Å²) in [5.41, 5.74) is 0.508. The summed E-state index contributed by atoms with van der Waals surface area (Å²) in [6.45, 7) is 5.33. The summed E-state index contributed by atoms with van der Waals surface area (Å²) in [6.07, 6.45) is 1.36. The smallest absolute Gasteiger partial charge is 0.348 e. The Morgan fingerprint density at radius 2 is 1.79 bits per heavy atom. The molecule has 0 atom stereocenters. The summed E-state index contributed by atoms with van der Waals surface area (Å²) in [4.78, 5) is 37.6. The first-order valence-electron chi connectivity index (χ1n) is 5.62. The number of nitrogens with zero attached hydrogens (tertiary/aromatic N) is 1. The SMILES string of the molecule is CCOC(=O)c1sc(N=C=O)c(C(=O)OCC)c1C. The highest BCUT2D eigenvalue weighted by molar-refractivity contribution is 7.18. The third-order valence-corrected chi connectivity index (χ3v) is 3.38. The molecular weight excluding hydrogens is 270 g/mol. The minimum Gasteiger partial charge on any atom is -0.462 e. The Morgan fingerprint density at radius 3 is 2.32 bits per heavy atom. The van der Waals surface area contributed by atoms with E-state index in [1.165, 1.54) is 6.08 Å². The van der Waals surface area contributed by atoms with Gasteiger partial charge in [-0.1, -0.05) is 0 Å². The minimum absolute atomic E-state index is 0.106. The van der Waals surface area contributed by atoms with Crippen LogP contribution in [0.4, 0.5) is 5.00 Å². The van der Waals surface area contributed by atoms with Crippen molar-refractivity contribution in [2.75, 3.05) is 13.2 Å². The number of ether oxygens (including phenoxy) is 2. The van der Waals surface area contributed by atoms with E-state index in [0.29, 0.717) is 5.56 Å². The topological polar surface area (TPSA) is 82.0 Å². The molecule has 102 valence electrons. The van der Waals surface area contributed by atoms with E-state index in [-0.39, 0.29) is 28.7 Å². The molecule has 0 aliphatic carbocycles. The van der Waals surface area contributed by atoms with Gasteiger partial charge in [-0.3, -0.25) is 0 Å². The molecule has 0 amide bonds. The summed E-state index contributed by atoms with van der Waals surface area (Å²) in [6, 6.07) is 0. The number of carbonyl (C=O) groups excluding carboxylic acids is 3. The van der Waals surface area contributed by atoms with Crippen LogP contribution in [0.1, 0.15) is 39.4 Å². The van der Waals surface area contributed by atoms with E-state index in [1.54, 1.807) is 20.8 Å². The molecule has 0 aliphatic rings. The molecule has 1 heterocycles. The second kappa shape index (κ2) is 6.82. The average Bonchev–Trinajstić information content (AvgIpc) is 2.67. The summed E-state index contributed by atoms with van der Waals surface area (Å²) < 4.78 is 9.75. The lowest BCUT2D eigenvalue weighted by Crippen LogP contribution is -2.08. The van der Waals surface area contributed by atoms with Crippen LogP contribution in [0.15, 0.2) is 4.99 Å². The standard InChI is InChI=1S/C12H13NO5S/c1-4-17-11(15)8-7(3)9(12(16)18-5-2)19-10(8)13-6-14/h4-5H2,1-3H3. The number of thiophene rings is 1. The predicted octanol–water partition coefficient (Wildman–Crippen LogP) is 2.38. The summed E-state index contributed by atoms with van der Waals surface area (Å²) in [5.74, 6) is -1.18. The van der Waals surface area contributed by atoms with Crippen LogP contribution in [0.3, 0.4) is 0 Å². The third kappa shape index (κ3) is 3.27. The molecule has 0 spiro atoms. The van der Waals surface area contributed by atoms with Crippen LogP contribution in [-0.2, 0) is 14.3 Å². The molecule has 1 rings (SSSR count). The highest BCUT2D eigenvalue weighted by Crippen LogP contribution is 2.36. The maximum absolute atomic E-state index is 11.8. The number of hydrogen-bond donors (Lipinski definition) is 0. The van der Waals surface area contributed by atoms with Crippen molar-refractivity contribution in [3.63, 3.8) is 0 Å². The lowest BCUT2D eigenvalue weighted by Gasteiger charge is -2.02. The maximum atomic E-state index is 11.8. The Kier molecular flexibility index (Phi) is 5.41. The van der Waals surface area contributed by atoms with Crippen LogP contribution in [0, 0.1) is 6.92 Å². The zero-order valence-electron chi connectivity index (χ0n) is 10.8. The van der Waals surface area contributed by atoms with Crippen molar-refractivity contribution in [3.8, 4) is 0 Å². The second-order valence-electron chi connectivity index (χ2n) is 3.38. The van der Waals surface area contributed by atoms with Crippen molar-refractivity contribution in [1.82, 2.24) is 0 Å². The summed E-state index contributed by atoms with van der Waals surface area (Å²) in [5, 5.41) is 0.106. The Hall–Kier alpha value is -1.98. The molecule has 0 aliphatic heterocycles. The predicted molar refractivity (Wildman–Crippen MR) is 68.8 cm³/mol. The number of aliphatic imine (C=N–C) groups is 1. The number of hydrogen-bond acceptors (Lipinski definition) is 7. The van der Waals surface area contributed by atoms with Gasteiger partial charge in [0.05, 0.1) is 13.2 Å². The van der Waals surface area contributed by atoms with Crippen LogP contribution in [0.5, 0.6) is 0 Å². The summed E-state index contributed by atoms with van der Waals surface area (Å²) >= 11 is 0.908. The first-order chi connectivity index (χ1) is 9.06. The van der Waals surface area contributed by atoms with Crippen LogP contribution >= 0.6 is 11.3 Å². The van der Waals surface area contributed by atoms with Crippen molar-refractivity contribution >= 4 is 34.4 Å². The van der Waals surface area contributed by atoms with Gasteiger partial charge in [0, 0.05) is 0 Å². The monoisotopic (exact) mass is 283 g/mol. The van der Waals surface area contributed by atoms with Gasteiger partial charge in [0.1, 0.15) is 15.4 Å². The van der Waals surface area contributed by atoms with E-state index >= 15 is 0 Å². The van der Waals surface area contributed by atoms with Crippen LogP contribution in [0.2, 0.25) is 0 Å². The van der Waals surface area contributed by atoms with Crippen molar-refractivity contribution in [3.05, 3.63) is 16.0 Å². The normalized spacial score (nSPS) is 9.63. The third-order valence-electron chi connectivity index (χ3n) is 2.22. The zero-order valence-corrected chi connectivity index (χ0v) is 11.6. The molecule has 1 aromatic heterocycles. The molecule has 0 radical (unpaired) electrons. The van der Waals surface area contributed by atoms with Crippen LogP contribution < -0.4 is 0 Å². The molecule has 0 N–H and O–H groups in total. The van der Waals surface area contributed by atoms with Crippen molar-refractivity contribution in [1.29, 1.82) is 0 Å². The van der Waals surface area contributed by atoms with Crippen molar-refractivity contribution < 1.29 is 23.9 Å². The summed E-state index contributed by atoms with van der Waals surface area (Å²) in [7, 11) is 0. The largest absolute Gasteiger partial charge is 0.462 e. The van der Waals surface area contributed by atoms with Gasteiger partial charge in [-0.15, -0.1) is 11.3 Å². The maximum Gasteiger partial charge on any atom is 0.348 e. The first kappa shape index (κ1) is 15.1. The van der Waals surface area contributed by atoms with E-state index in [4.69, 9.17) is 9.47 Å². The average molecular weight is 283 g/mol. The van der Waals surface area contributed by atoms with Gasteiger partial charge in [0.2, 0.25) is 6.08 Å². The molecule has 0 aromatic carbocycles. The first-order valence-corrected chi connectivity index (χ1v) is 6.43. The number of carbonyl (C=O) groups is 2. The van der Waals surface area contributed by atoms with Gasteiger partial charge in [-0.2, -0.15) is 4.99 Å². The zero-order chi connectivity index (χ0) is 14.4. The molecule has 19 heavy (non-hydrogen) atoms. The molecule has 7 heteroatoms. The second-order valence-corrected chi connectivity index (χ2v) is 4.38. The van der Waals surface area contributed by atoms with Crippen molar-refractivity contribution in [2.45, 2.75) is 20.8 Å². The molecular formula is C12H13NO5S. The molecule has 0 fully saturated rings. The highest BCUT2D eigenvalue weighted by Gasteiger charge is 2.26. The molecule has 0 bridgehead atoms. The molecule has 0 saturated carbocycles. The van der Waals surface area contributed by atoms with Gasteiger partial charge in [0.25, 0.3) is 0 Å².